The van der Waals surface area contributed by atoms with Gasteiger partial charge >= 0.3 is 5.97 Å². The van der Waals surface area contributed by atoms with Gasteiger partial charge in [-0.2, -0.15) is 0 Å². The molecule has 4 aliphatic rings. The second kappa shape index (κ2) is 4.84. The van der Waals surface area contributed by atoms with Crippen LogP contribution >= 0.6 is 0 Å². The second-order valence-corrected chi connectivity index (χ2v) is 8.53. The molecule has 0 radical (unpaired) electrons. The maximum absolute atomic E-state index is 12.4. The highest BCUT2D eigenvalue weighted by molar-refractivity contribution is 5.96. The number of fused-ring (bicyclic) bond motifs is 5. The molecule has 0 aromatic carbocycles. The number of esters is 1. The van der Waals surface area contributed by atoms with Crippen molar-refractivity contribution in [1.29, 1.82) is 0 Å². The fourth-order valence-electron chi connectivity index (χ4n) is 6.29. The number of carbonyl (C=O) groups excluding carboxylic acids is 2. The molecule has 1 saturated heterocycles. The van der Waals surface area contributed by atoms with E-state index in [1.165, 1.54) is 0 Å². The molecule has 0 aromatic rings. The number of hydrogen-bond donors (Lipinski definition) is 1. The summed E-state index contributed by atoms with van der Waals surface area (Å²) in [5, 5.41) is 9.84. The first-order valence-corrected chi connectivity index (χ1v) is 9.00. The van der Waals surface area contributed by atoms with Crippen LogP contribution in [0.2, 0.25) is 0 Å². The van der Waals surface area contributed by atoms with Crippen LogP contribution in [0, 0.1) is 29.1 Å². The molecule has 126 valence electrons. The number of ether oxygens (including phenoxy) is 1. The van der Waals surface area contributed by atoms with E-state index in [1.54, 1.807) is 6.08 Å². The molecule has 3 aliphatic carbocycles. The van der Waals surface area contributed by atoms with Gasteiger partial charge in [0, 0.05) is 18.3 Å². The van der Waals surface area contributed by atoms with Crippen molar-refractivity contribution in [3.63, 3.8) is 0 Å². The van der Waals surface area contributed by atoms with Crippen LogP contribution in [-0.4, -0.2) is 22.5 Å². The molecule has 6 atom stereocenters. The van der Waals surface area contributed by atoms with Crippen LogP contribution in [0.15, 0.2) is 11.8 Å². The third-order valence-corrected chi connectivity index (χ3v) is 7.51. The number of rotatable bonds is 0. The van der Waals surface area contributed by atoms with Crippen LogP contribution in [-0.2, 0) is 14.3 Å². The molecule has 4 heteroatoms. The third kappa shape index (κ3) is 2.03. The van der Waals surface area contributed by atoms with Gasteiger partial charge in [0.25, 0.3) is 0 Å². The molecule has 0 amide bonds. The zero-order valence-corrected chi connectivity index (χ0v) is 14.0. The first kappa shape index (κ1) is 15.2. The number of Topliss-reactive ketones (excluding diaryl/α,β-unsaturated/α-hetero) is 1. The topological polar surface area (TPSA) is 63.6 Å². The van der Waals surface area contributed by atoms with Gasteiger partial charge in [-0.05, 0) is 68.8 Å². The molecule has 2 saturated carbocycles. The zero-order valence-electron chi connectivity index (χ0n) is 14.0. The highest BCUT2D eigenvalue weighted by atomic mass is 16.6. The molecular weight excluding hydrogens is 292 g/mol. The monoisotopic (exact) mass is 318 g/mol. The fraction of sp³-hybridized carbons (Fsp3) is 0.789. The molecule has 3 fully saturated rings. The molecule has 0 bridgehead atoms. The van der Waals surface area contributed by atoms with Crippen LogP contribution in [0.3, 0.4) is 0 Å². The summed E-state index contributed by atoms with van der Waals surface area (Å²) in [6.07, 6.45) is 7.76. The number of allylic oxidation sites excluding steroid dienone is 2. The normalized spacial score (nSPS) is 49.4. The summed E-state index contributed by atoms with van der Waals surface area (Å²) in [5.41, 5.74) is -0.356. The van der Waals surface area contributed by atoms with E-state index < -0.39 is 0 Å². The van der Waals surface area contributed by atoms with E-state index in [9.17, 15) is 14.7 Å². The summed E-state index contributed by atoms with van der Waals surface area (Å²) in [5.74, 6) is 1.27. The molecule has 1 aliphatic heterocycles. The highest BCUT2D eigenvalue weighted by Gasteiger charge is 2.60. The van der Waals surface area contributed by atoms with Crippen molar-refractivity contribution < 1.29 is 19.4 Å². The predicted octanol–water partition coefficient (Wildman–Crippen LogP) is 3.56. The Morgan fingerprint density at radius 3 is 2.70 bits per heavy atom. The van der Waals surface area contributed by atoms with Gasteiger partial charge in [-0.25, -0.2) is 0 Å². The van der Waals surface area contributed by atoms with E-state index in [0.717, 1.165) is 38.5 Å². The Morgan fingerprint density at radius 2 is 1.91 bits per heavy atom. The summed E-state index contributed by atoms with van der Waals surface area (Å²) in [7, 11) is 0. The smallest absolute Gasteiger partial charge is 0.306 e. The van der Waals surface area contributed by atoms with Crippen LogP contribution in [0.5, 0.6) is 0 Å². The van der Waals surface area contributed by atoms with Gasteiger partial charge in [0.1, 0.15) is 5.60 Å². The van der Waals surface area contributed by atoms with Crippen LogP contribution in [0.1, 0.15) is 58.8 Å². The van der Waals surface area contributed by atoms with Gasteiger partial charge < -0.3 is 9.84 Å². The minimum Gasteiger partial charge on any atom is -0.505 e. The SMILES string of the molecule is C[C@]12CC=C(O)C(=O)[C@@H]1CC[C@@H]1[C@@H]2CC[C@]2(C)OC(=O)CC[C@@H]12. The maximum Gasteiger partial charge on any atom is 0.306 e. The number of aliphatic hydroxyl groups excluding tert-OH is 1. The van der Waals surface area contributed by atoms with Crippen molar-refractivity contribution in [2.45, 2.75) is 64.4 Å². The summed E-state index contributed by atoms with van der Waals surface area (Å²) < 4.78 is 5.78. The Hall–Kier alpha value is -1.32. The van der Waals surface area contributed by atoms with Crippen molar-refractivity contribution in [3.05, 3.63) is 11.8 Å². The third-order valence-electron chi connectivity index (χ3n) is 7.51. The van der Waals surface area contributed by atoms with Gasteiger partial charge in [-0.1, -0.05) is 6.92 Å². The summed E-state index contributed by atoms with van der Waals surface area (Å²) >= 11 is 0. The minimum atomic E-state index is -0.309. The van der Waals surface area contributed by atoms with Gasteiger partial charge in [0.2, 0.25) is 0 Å². The van der Waals surface area contributed by atoms with Crippen LogP contribution in [0.25, 0.3) is 0 Å². The first-order valence-electron chi connectivity index (χ1n) is 9.00. The first-order chi connectivity index (χ1) is 10.8. The maximum atomic E-state index is 12.4. The van der Waals surface area contributed by atoms with Crippen molar-refractivity contribution in [3.8, 4) is 0 Å². The van der Waals surface area contributed by atoms with E-state index in [4.69, 9.17) is 4.74 Å². The van der Waals surface area contributed by atoms with Gasteiger partial charge in [0.15, 0.2) is 11.5 Å². The van der Waals surface area contributed by atoms with E-state index >= 15 is 0 Å². The zero-order chi connectivity index (χ0) is 16.4. The average Bonchev–Trinajstić information content (AvgIpc) is 2.50. The molecular formula is C19H26O4. The largest absolute Gasteiger partial charge is 0.505 e. The lowest BCUT2D eigenvalue weighted by Gasteiger charge is -2.60. The Balaban J connectivity index is 1.67. The van der Waals surface area contributed by atoms with Crippen LogP contribution in [0.4, 0.5) is 0 Å². The lowest BCUT2D eigenvalue weighted by atomic mass is 9.46. The Bertz CT molecular complexity index is 594. The van der Waals surface area contributed by atoms with Gasteiger partial charge in [-0.3, -0.25) is 9.59 Å². The van der Waals surface area contributed by atoms with E-state index in [2.05, 4.69) is 13.8 Å². The number of ketones is 1. The van der Waals surface area contributed by atoms with E-state index in [0.29, 0.717) is 24.2 Å². The standard InChI is InChI=1S/C19H26O4/c1-18-9-8-15(20)17(22)14(18)4-3-11-12(18)7-10-19(2)13(11)5-6-16(21)23-19/h8,11-14,20H,3-7,9-10H2,1-2H3/t11-,12+,13+,14+,18-,19+/m1/s1. The average molecular weight is 318 g/mol. The van der Waals surface area contributed by atoms with E-state index in [-0.39, 0.29) is 34.4 Å². The van der Waals surface area contributed by atoms with Gasteiger partial charge in [0.05, 0.1) is 0 Å². The molecule has 0 aromatic heterocycles. The molecule has 23 heavy (non-hydrogen) atoms. The predicted molar refractivity (Wildman–Crippen MR) is 84.6 cm³/mol. The second-order valence-electron chi connectivity index (χ2n) is 8.53. The minimum absolute atomic E-state index is 0.0295. The van der Waals surface area contributed by atoms with Crippen LogP contribution < -0.4 is 0 Å². The summed E-state index contributed by atoms with van der Waals surface area (Å²) in [6, 6.07) is 0. The number of carbonyl (C=O) groups is 2. The molecule has 1 N–H and O–H groups in total. The van der Waals surface area contributed by atoms with Crippen molar-refractivity contribution in [2.24, 2.45) is 29.1 Å². The molecule has 1 heterocycles. The molecule has 0 unspecified atom stereocenters. The number of aliphatic hydroxyl groups is 1. The summed E-state index contributed by atoms with van der Waals surface area (Å²) in [6.45, 7) is 4.35. The summed E-state index contributed by atoms with van der Waals surface area (Å²) in [4.78, 5) is 24.2. The van der Waals surface area contributed by atoms with Crippen molar-refractivity contribution >= 4 is 11.8 Å². The molecule has 4 nitrogen and oxygen atoms in total. The lowest BCUT2D eigenvalue weighted by Crippen LogP contribution is -2.58. The quantitative estimate of drug-likeness (QED) is 0.694. The Kier molecular flexibility index (Phi) is 3.20. The Morgan fingerprint density at radius 1 is 1.13 bits per heavy atom. The van der Waals surface area contributed by atoms with Gasteiger partial charge in [-0.15, -0.1) is 0 Å². The van der Waals surface area contributed by atoms with E-state index in [1.807, 2.05) is 0 Å². The fourth-order valence-corrected chi connectivity index (χ4v) is 6.29. The lowest BCUT2D eigenvalue weighted by molar-refractivity contribution is -0.200. The highest BCUT2D eigenvalue weighted by Crippen LogP contribution is 2.62. The number of hydrogen-bond acceptors (Lipinski definition) is 4. The molecule has 0 spiro atoms. The molecule has 4 rings (SSSR count). The van der Waals surface area contributed by atoms with Crippen molar-refractivity contribution in [1.82, 2.24) is 0 Å². The Labute approximate surface area is 137 Å². The van der Waals surface area contributed by atoms with Crippen molar-refractivity contribution in [2.75, 3.05) is 0 Å².